The number of piperazine rings is 1. The number of nitrogens with zero attached hydrogens (tertiary/aromatic N) is 8. The van der Waals surface area contributed by atoms with Crippen molar-refractivity contribution in [2.75, 3.05) is 36.4 Å². The highest BCUT2D eigenvalue weighted by molar-refractivity contribution is 6.34. The molecule has 2 amide bonds. The van der Waals surface area contributed by atoms with Crippen LogP contribution in [-0.4, -0.2) is 78.1 Å². The quantitative estimate of drug-likeness (QED) is 0.141. The van der Waals surface area contributed by atoms with Gasteiger partial charge in [-0.1, -0.05) is 61.0 Å². The molecule has 0 atom stereocenters. The minimum atomic E-state index is -4.70. The third-order valence-electron chi connectivity index (χ3n) is 11.2. The van der Waals surface area contributed by atoms with Gasteiger partial charge in [-0.15, -0.1) is 5.10 Å². The maximum Gasteiger partial charge on any atom is 0.416 e. The van der Waals surface area contributed by atoms with Crippen molar-refractivity contribution in [2.24, 2.45) is 0 Å². The number of ether oxygens (including phenoxy) is 3. The zero-order chi connectivity index (χ0) is 44.0. The minimum Gasteiger partial charge on any atom is -0.488 e. The lowest BCUT2D eigenvalue weighted by Crippen LogP contribution is -2.51. The first-order valence-corrected chi connectivity index (χ1v) is 20.9. The third kappa shape index (κ3) is 8.52. The van der Waals surface area contributed by atoms with Crippen molar-refractivity contribution in [3.8, 4) is 22.9 Å². The number of aromatic nitrogens is 6. The number of halogens is 4. The van der Waals surface area contributed by atoms with Crippen LogP contribution in [0.15, 0.2) is 71.8 Å². The number of alkyl halides is 3. The van der Waals surface area contributed by atoms with Crippen LogP contribution in [0, 0.1) is 6.92 Å². The molecule has 19 heteroatoms. The van der Waals surface area contributed by atoms with Crippen LogP contribution in [0.3, 0.4) is 0 Å². The first-order chi connectivity index (χ1) is 30.4. The fraction of sp³-hybridized carbons (Fsp3) is 0.341. The third-order valence-corrected chi connectivity index (χ3v) is 11.5. The predicted molar refractivity (Wildman–Crippen MR) is 225 cm³/mol. The highest BCUT2D eigenvalue weighted by atomic mass is 35.5. The van der Waals surface area contributed by atoms with Crippen LogP contribution in [0.5, 0.6) is 11.5 Å². The second-order valence-corrected chi connectivity index (χ2v) is 16.0. The fourth-order valence-corrected chi connectivity index (χ4v) is 8.07. The molecule has 6 aromatic rings. The van der Waals surface area contributed by atoms with E-state index in [1.54, 1.807) is 16.4 Å². The molecule has 9 rings (SSSR count). The summed E-state index contributed by atoms with van der Waals surface area (Å²) in [6, 6.07) is 16.8. The Hall–Kier alpha value is -6.53. The Kier molecular flexibility index (Phi) is 11.3. The lowest BCUT2D eigenvalue weighted by atomic mass is 10.1. The summed E-state index contributed by atoms with van der Waals surface area (Å²) in [7, 11) is 0. The number of carbonyl (C=O) groups is 2. The highest BCUT2D eigenvalue weighted by Gasteiger charge is 2.35. The Labute approximate surface area is 363 Å². The van der Waals surface area contributed by atoms with Crippen LogP contribution in [-0.2, 0) is 48.5 Å². The average molecular weight is 884 g/mol. The molecular formula is C44H41ClF3N9O6. The van der Waals surface area contributed by atoms with E-state index >= 15 is 0 Å². The molecule has 15 nitrogen and oxygen atoms in total. The predicted octanol–water partition coefficient (Wildman–Crippen LogP) is 6.64. The molecule has 3 aromatic heterocycles. The molecule has 1 saturated carbocycles. The van der Waals surface area contributed by atoms with E-state index < -0.39 is 29.8 Å². The Morgan fingerprint density at radius 2 is 1.75 bits per heavy atom. The number of amides is 2. The first kappa shape index (κ1) is 41.8. The van der Waals surface area contributed by atoms with Crippen molar-refractivity contribution >= 4 is 40.6 Å². The molecule has 3 aliphatic rings. The Bertz CT molecular complexity index is 2810. The number of anilines is 2. The van der Waals surface area contributed by atoms with Gasteiger partial charge < -0.3 is 33.9 Å². The minimum absolute atomic E-state index is 0.0754. The van der Waals surface area contributed by atoms with Gasteiger partial charge >= 0.3 is 6.18 Å². The van der Waals surface area contributed by atoms with Gasteiger partial charge in [0.05, 0.1) is 41.3 Å². The monoisotopic (exact) mass is 883 g/mol. The molecule has 2 aliphatic heterocycles. The van der Waals surface area contributed by atoms with Crippen LogP contribution < -0.4 is 25.2 Å². The van der Waals surface area contributed by atoms with Gasteiger partial charge in [0.1, 0.15) is 36.6 Å². The molecule has 1 aliphatic carbocycles. The van der Waals surface area contributed by atoms with Crippen LogP contribution in [0.2, 0.25) is 5.02 Å². The lowest BCUT2D eigenvalue weighted by Gasteiger charge is -2.36. The molecule has 3 aromatic carbocycles. The lowest BCUT2D eigenvalue weighted by molar-refractivity contribution is -0.137. The fourth-order valence-electron chi connectivity index (χ4n) is 7.81. The maximum absolute atomic E-state index is 14.6. The SMILES string of the molecule is CCc1c(N2CCN(C(=O)c3ncnc(C)c3OCc3ccccc3)CC2)c(=O)n2nc(-c3ccc4c(c3)COC4)nc2n1CC(=O)Nc1c(Cl)cc(C(F)(F)F)cc1OC1CC1. The summed E-state index contributed by atoms with van der Waals surface area (Å²) in [6.45, 7) is 5.20. The Morgan fingerprint density at radius 3 is 2.48 bits per heavy atom. The number of hydrogen-bond donors (Lipinski definition) is 1. The van der Waals surface area contributed by atoms with E-state index in [0.717, 1.165) is 33.3 Å². The van der Waals surface area contributed by atoms with Crippen molar-refractivity contribution in [3.05, 3.63) is 122 Å². The molecule has 0 bridgehead atoms. The smallest absolute Gasteiger partial charge is 0.416 e. The maximum atomic E-state index is 14.6. The summed E-state index contributed by atoms with van der Waals surface area (Å²) in [5.41, 5.74) is 3.32. The first-order valence-electron chi connectivity index (χ1n) is 20.5. The van der Waals surface area contributed by atoms with Gasteiger partial charge in [-0.3, -0.25) is 14.4 Å². The molecule has 0 spiro atoms. The number of nitrogens with one attached hydrogen (secondary N) is 1. The number of rotatable bonds is 12. The van der Waals surface area contributed by atoms with Crippen LogP contribution >= 0.6 is 11.6 Å². The summed E-state index contributed by atoms with van der Waals surface area (Å²) in [6.07, 6.45) is -2.11. The molecular weight excluding hydrogens is 843 g/mol. The average Bonchev–Trinajstić information content (AvgIpc) is 3.76. The normalized spacial score (nSPS) is 15.1. The molecule has 1 N–H and O–H groups in total. The zero-order valence-corrected chi connectivity index (χ0v) is 35.0. The number of fused-ring (bicyclic) bond motifs is 2. The van der Waals surface area contributed by atoms with E-state index in [0.29, 0.717) is 43.0 Å². The van der Waals surface area contributed by atoms with Crippen LogP contribution in [0.25, 0.3) is 17.2 Å². The van der Waals surface area contributed by atoms with Gasteiger partial charge in [0.15, 0.2) is 17.3 Å². The summed E-state index contributed by atoms with van der Waals surface area (Å²) in [5.74, 6) is -0.611. The standard InChI is InChI=1S/C44H41ClF3N9O6/c1-3-33-38(54-13-15-55(16-14-54)41(59)37-39(25(2)49-24-50-37)62-21-26-7-5-4-6-8-26)42(60)57-43(52-40(53-57)27-9-10-28-22-61-23-29(28)17-27)56(33)20-35(58)51-36-32(45)18-30(44(46,47)48)19-34(36)63-31-11-12-31/h4-10,17-19,24,31H,3,11-16,20-23H2,1-2H3,(H,51,58). The van der Waals surface area contributed by atoms with Gasteiger partial charge in [-0.05, 0) is 61.1 Å². The van der Waals surface area contributed by atoms with Crippen molar-refractivity contribution < 1.29 is 37.0 Å². The number of aryl methyl sites for hydroxylation is 1. The molecule has 5 heterocycles. The van der Waals surface area contributed by atoms with Crippen molar-refractivity contribution in [2.45, 2.75) is 71.8 Å². The second-order valence-electron chi connectivity index (χ2n) is 15.5. The highest BCUT2D eigenvalue weighted by Crippen LogP contribution is 2.42. The van der Waals surface area contributed by atoms with E-state index in [1.807, 2.05) is 60.4 Å². The number of carbonyl (C=O) groups excluding carboxylic acids is 2. The molecule has 326 valence electrons. The van der Waals surface area contributed by atoms with E-state index in [-0.39, 0.29) is 96.4 Å². The Balaban J connectivity index is 1.04. The van der Waals surface area contributed by atoms with E-state index in [2.05, 4.69) is 20.4 Å². The van der Waals surface area contributed by atoms with E-state index in [4.69, 9.17) is 30.8 Å². The zero-order valence-electron chi connectivity index (χ0n) is 34.2. The van der Waals surface area contributed by atoms with E-state index in [9.17, 15) is 27.6 Å². The van der Waals surface area contributed by atoms with E-state index in [1.165, 1.54) is 6.33 Å². The number of hydrogen-bond acceptors (Lipinski definition) is 11. The van der Waals surface area contributed by atoms with Gasteiger partial charge in [-0.2, -0.15) is 22.7 Å². The van der Waals surface area contributed by atoms with Crippen molar-refractivity contribution in [1.29, 1.82) is 0 Å². The van der Waals surface area contributed by atoms with Gasteiger partial charge in [0.2, 0.25) is 11.7 Å². The molecule has 63 heavy (non-hydrogen) atoms. The van der Waals surface area contributed by atoms with Crippen molar-refractivity contribution in [3.63, 3.8) is 0 Å². The van der Waals surface area contributed by atoms with Gasteiger partial charge in [0.25, 0.3) is 11.5 Å². The summed E-state index contributed by atoms with van der Waals surface area (Å²) < 4.78 is 61.6. The Morgan fingerprint density at radius 1 is 0.984 bits per heavy atom. The van der Waals surface area contributed by atoms with Crippen molar-refractivity contribution in [1.82, 2.24) is 34.0 Å². The summed E-state index contributed by atoms with van der Waals surface area (Å²) >= 11 is 6.41. The molecule has 0 radical (unpaired) electrons. The molecule has 1 saturated heterocycles. The van der Waals surface area contributed by atoms with Crippen LogP contribution in [0.1, 0.15) is 63.9 Å². The summed E-state index contributed by atoms with van der Waals surface area (Å²) in [4.78, 5) is 59.6. The molecule has 2 fully saturated rings. The number of benzene rings is 3. The summed E-state index contributed by atoms with van der Waals surface area (Å²) in [5, 5.41) is 7.00. The van der Waals surface area contributed by atoms with Gasteiger partial charge in [-0.25, -0.2) is 9.97 Å². The topological polar surface area (TPSA) is 158 Å². The largest absolute Gasteiger partial charge is 0.488 e. The molecule has 0 unspecified atom stereocenters. The van der Waals surface area contributed by atoms with Crippen LogP contribution in [0.4, 0.5) is 24.5 Å². The second kappa shape index (κ2) is 17.0. The van der Waals surface area contributed by atoms with Gasteiger partial charge in [0, 0.05) is 31.7 Å².